The van der Waals surface area contributed by atoms with E-state index in [0.717, 1.165) is 18.5 Å². The molecule has 0 spiro atoms. The second-order valence-electron chi connectivity index (χ2n) is 6.36. The molecular formula is C19H21N3O3S. The first-order chi connectivity index (χ1) is 12.7. The van der Waals surface area contributed by atoms with Crippen molar-refractivity contribution in [3.8, 4) is 0 Å². The average Bonchev–Trinajstić information content (AvgIpc) is 3.24. The number of thiophene rings is 1. The fraction of sp³-hybridized carbons (Fsp3) is 0.368. The maximum absolute atomic E-state index is 12.9. The van der Waals surface area contributed by atoms with Crippen LogP contribution in [-0.4, -0.2) is 40.1 Å². The van der Waals surface area contributed by atoms with E-state index in [2.05, 4.69) is 16.4 Å². The molecule has 0 saturated heterocycles. The summed E-state index contributed by atoms with van der Waals surface area (Å²) in [6, 6.07) is 7.52. The van der Waals surface area contributed by atoms with Crippen molar-refractivity contribution in [3.63, 3.8) is 0 Å². The van der Waals surface area contributed by atoms with Crippen molar-refractivity contribution in [2.75, 3.05) is 19.8 Å². The minimum absolute atomic E-state index is 0.00617. The summed E-state index contributed by atoms with van der Waals surface area (Å²) in [5.74, 6) is 0.00617. The molecular weight excluding hydrogens is 350 g/mol. The van der Waals surface area contributed by atoms with Gasteiger partial charge in [-0.1, -0.05) is 0 Å². The summed E-state index contributed by atoms with van der Waals surface area (Å²) < 4.78 is 6.99. The summed E-state index contributed by atoms with van der Waals surface area (Å²) >= 11 is 1.76. The fourth-order valence-corrected chi connectivity index (χ4v) is 4.31. The quantitative estimate of drug-likeness (QED) is 0.701. The lowest BCUT2D eigenvalue weighted by molar-refractivity contribution is 0.0736. The normalized spacial score (nSPS) is 14.0. The number of ether oxygens (including phenoxy) is 1. The van der Waals surface area contributed by atoms with Crippen LogP contribution in [0.3, 0.4) is 0 Å². The third-order valence-corrected chi connectivity index (χ3v) is 5.80. The Morgan fingerprint density at radius 1 is 1.35 bits per heavy atom. The molecule has 26 heavy (non-hydrogen) atoms. The number of hydrogen-bond donors (Lipinski definition) is 1. The molecule has 1 aliphatic heterocycles. The Bertz CT molecular complexity index is 1000. The molecule has 0 atom stereocenters. The van der Waals surface area contributed by atoms with Crippen LogP contribution >= 0.6 is 11.3 Å². The molecule has 0 fully saturated rings. The van der Waals surface area contributed by atoms with E-state index >= 15 is 0 Å². The van der Waals surface area contributed by atoms with Crippen LogP contribution in [0.25, 0.3) is 11.0 Å². The molecule has 0 aliphatic carbocycles. The molecule has 4 rings (SSSR count). The zero-order valence-corrected chi connectivity index (χ0v) is 15.5. The Hall–Kier alpha value is -2.38. The van der Waals surface area contributed by atoms with Gasteiger partial charge in [-0.3, -0.25) is 9.36 Å². The van der Waals surface area contributed by atoms with E-state index in [4.69, 9.17) is 4.74 Å². The van der Waals surface area contributed by atoms with Crippen LogP contribution in [-0.2, 0) is 24.2 Å². The highest BCUT2D eigenvalue weighted by molar-refractivity contribution is 7.10. The summed E-state index contributed by atoms with van der Waals surface area (Å²) in [6.45, 7) is 4.92. The molecule has 6 nitrogen and oxygen atoms in total. The van der Waals surface area contributed by atoms with Crippen LogP contribution in [0, 0.1) is 0 Å². The van der Waals surface area contributed by atoms with Gasteiger partial charge in [0.05, 0.1) is 24.2 Å². The van der Waals surface area contributed by atoms with E-state index in [9.17, 15) is 9.59 Å². The fourth-order valence-electron chi connectivity index (χ4n) is 3.42. The molecule has 1 aromatic carbocycles. The lowest BCUT2D eigenvalue weighted by Gasteiger charge is -2.27. The second-order valence-corrected chi connectivity index (χ2v) is 7.36. The number of rotatable bonds is 5. The molecule has 0 unspecified atom stereocenters. The Morgan fingerprint density at radius 2 is 2.23 bits per heavy atom. The van der Waals surface area contributed by atoms with Crippen molar-refractivity contribution in [3.05, 3.63) is 56.1 Å². The van der Waals surface area contributed by atoms with Gasteiger partial charge in [0.1, 0.15) is 0 Å². The van der Waals surface area contributed by atoms with Crippen molar-refractivity contribution in [2.45, 2.75) is 26.4 Å². The Labute approximate surface area is 155 Å². The van der Waals surface area contributed by atoms with Gasteiger partial charge in [0.2, 0.25) is 0 Å². The van der Waals surface area contributed by atoms with Gasteiger partial charge < -0.3 is 14.6 Å². The van der Waals surface area contributed by atoms with Gasteiger partial charge in [-0.25, -0.2) is 4.79 Å². The number of aromatic amines is 1. The highest BCUT2D eigenvalue weighted by Gasteiger charge is 2.23. The van der Waals surface area contributed by atoms with Crippen molar-refractivity contribution >= 4 is 28.3 Å². The maximum atomic E-state index is 12.9. The van der Waals surface area contributed by atoms with E-state index in [1.54, 1.807) is 28.0 Å². The van der Waals surface area contributed by atoms with Gasteiger partial charge in [0.15, 0.2) is 0 Å². The summed E-state index contributed by atoms with van der Waals surface area (Å²) in [5, 5.41) is 2.08. The van der Waals surface area contributed by atoms with Crippen molar-refractivity contribution in [1.82, 2.24) is 14.5 Å². The predicted molar refractivity (Wildman–Crippen MR) is 102 cm³/mol. The summed E-state index contributed by atoms with van der Waals surface area (Å²) in [5.41, 5.74) is 3.15. The standard InChI is InChI=1S/C19H21N3O3S/c1-2-25-9-8-22-16-4-3-13(11-15(16)20-19(22)24)18(23)21-7-5-17-14(12-21)6-10-26-17/h3-4,6,10-11H,2,5,7-9,12H2,1H3,(H,20,24). The Morgan fingerprint density at radius 3 is 3.08 bits per heavy atom. The third-order valence-electron chi connectivity index (χ3n) is 4.78. The number of fused-ring (bicyclic) bond motifs is 2. The monoisotopic (exact) mass is 371 g/mol. The third kappa shape index (κ3) is 3.08. The number of imidazole rings is 1. The van der Waals surface area contributed by atoms with Gasteiger partial charge in [0.25, 0.3) is 5.91 Å². The minimum atomic E-state index is -0.176. The molecule has 0 saturated carbocycles. The summed E-state index contributed by atoms with van der Waals surface area (Å²) in [7, 11) is 0. The van der Waals surface area contributed by atoms with E-state index in [0.29, 0.717) is 37.4 Å². The van der Waals surface area contributed by atoms with E-state index < -0.39 is 0 Å². The van der Waals surface area contributed by atoms with Crippen LogP contribution in [0.4, 0.5) is 0 Å². The summed E-state index contributed by atoms with van der Waals surface area (Å²) in [4.78, 5) is 31.2. The molecule has 1 N–H and O–H groups in total. The highest BCUT2D eigenvalue weighted by atomic mass is 32.1. The number of H-pyrrole nitrogens is 1. The molecule has 0 bridgehead atoms. The van der Waals surface area contributed by atoms with Gasteiger partial charge >= 0.3 is 5.69 Å². The number of carbonyl (C=O) groups excluding carboxylic acids is 1. The number of nitrogens with one attached hydrogen (secondary N) is 1. The van der Waals surface area contributed by atoms with Crippen LogP contribution in [0.1, 0.15) is 27.7 Å². The van der Waals surface area contributed by atoms with E-state index in [1.807, 2.05) is 17.9 Å². The van der Waals surface area contributed by atoms with Gasteiger partial charge in [-0.15, -0.1) is 11.3 Å². The molecule has 7 heteroatoms. The number of benzene rings is 1. The average molecular weight is 371 g/mol. The Kier molecular flexibility index (Phi) is 4.65. The molecule has 1 aliphatic rings. The SMILES string of the molecule is CCOCCn1c(=O)[nH]c2cc(C(=O)N3CCc4sccc4C3)ccc21. The number of amides is 1. The molecule has 0 radical (unpaired) electrons. The van der Waals surface area contributed by atoms with Crippen molar-refractivity contribution in [2.24, 2.45) is 0 Å². The lowest BCUT2D eigenvalue weighted by Crippen LogP contribution is -2.35. The topological polar surface area (TPSA) is 67.3 Å². The van der Waals surface area contributed by atoms with Gasteiger partial charge in [-0.05, 0) is 48.6 Å². The number of nitrogens with zero attached hydrogens (tertiary/aromatic N) is 2. The first kappa shape index (κ1) is 17.1. The maximum Gasteiger partial charge on any atom is 0.326 e. The summed E-state index contributed by atoms with van der Waals surface area (Å²) in [6.07, 6.45) is 0.908. The highest BCUT2D eigenvalue weighted by Crippen LogP contribution is 2.25. The first-order valence-electron chi connectivity index (χ1n) is 8.82. The molecule has 3 aromatic rings. The van der Waals surface area contributed by atoms with Crippen molar-refractivity contribution < 1.29 is 9.53 Å². The Balaban J connectivity index is 1.58. The smallest absolute Gasteiger partial charge is 0.326 e. The molecule has 1 amide bonds. The van der Waals surface area contributed by atoms with E-state index in [-0.39, 0.29) is 11.6 Å². The largest absolute Gasteiger partial charge is 0.380 e. The molecule has 136 valence electrons. The van der Waals surface area contributed by atoms with Gasteiger partial charge in [0, 0.05) is 30.1 Å². The van der Waals surface area contributed by atoms with Gasteiger partial charge in [-0.2, -0.15) is 0 Å². The zero-order chi connectivity index (χ0) is 18.1. The number of hydrogen-bond acceptors (Lipinski definition) is 4. The zero-order valence-electron chi connectivity index (χ0n) is 14.7. The number of aromatic nitrogens is 2. The minimum Gasteiger partial charge on any atom is -0.380 e. The lowest BCUT2D eigenvalue weighted by atomic mass is 10.1. The second kappa shape index (κ2) is 7.09. The van der Waals surface area contributed by atoms with Crippen LogP contribution in [0.15, 0.2) is 34.4 Å². The molecule has 2 aromatic heterocycles. The van der Waals surface area contributed by atoms with Crippen LogP contribution < -0.4 is 5.69 Å². The van der Waals surface area contributed by atoms with E-state index in [1.165, 1.54) is 10.4 Å². The first-order valence-corrected chi connectivity index (χ1v) is 9.70. The molecule has 3 heterocycles. The number of carbonyl (C=O) groups is 1. The van der Waals surface area contributed by atoms with Crippen LogP contribution in [0.2, 0.25) is 0 Å². The van der Waals surface area contributed by atoms with Crippen molar-refractivity contribution in [1.29, 1.82) is 0 Å². The predicted octanol–water partition coefficient (Wildman–Crippen LogP) is 2.63. The van der Waals surface area contributed by atoms with Crippen LogP contribution in [0.5, 0.6) is 0 Å².